The molecule has 2 N–H and O–H groups in total. The molecule has 3 heterocycles. The van der Waals surface area contributed by atoms with Crippen LogP contribution < -0.4 is 10.1 Å². The summed E-state index contributed by atoms with van der Waals surface area (Å²) in [5.74, 6) is 0.659. The normalized spacial score (nSPS) is 19.3. The molecule has 48 heavy (non-hydrogen) atoms. The number of imidazole rings is 1. The van der Waals surface area contributed by atoms with Gasteiger partial charge in [0.2, 0.25) is 0 Å². The van der Waals surface area contributed by atoms with E-state index in [1.165, 1.54) is 6.33 Å². The highest BCUT2D eigenvalue weighted by molar-refractivity contribution is 9.09. The maximum Gasteiger partial charge on any atom is 0.256 e. The van der Waals surface area contributed by atoms with E-state index in [1.54, 1.807) is 42.3 Å². The van der Waals surface area contributed by atoms with Crippen molar-refractivity contribution in [2.24, 2.45) is 0 Å². The van der Waals surface area contributed by atoms with Crippen LogP contribution in [0.4, 0.5) is 5.82 Å². The molecule has 2 aromatic heterocycles. The third-order valence-electron chi connectivity index (χ3n) is 8.52. The molecule has 0 aliphatic carbocycles. The number of amides is 1. The molecule has 4 atom stereocenters. The standard InChI is InChI=1S/C37H32BrN5O5/c1-46-28-19-17-27(18-20-28)37(25-13-7-3-8-14-25,26-15-9-4-10-16-26)48-32-30(38)29(21-44)47-36(32)43-23-41-31-33(39-22-40-34(31)43)42-35(45)24-11-5-2-6-12-24/h2-20,22-23,29-30,32,36,44H,21H2,1H3,(H,39,40,42,45)/t29-,30+,32-,36-/m1/s1. The van der Waals surface area contributed by atoms with Gasteiger partial charge in [0.05, 0.1) is 31.0 Å². The van der Waals surface area contributed by atoms with Gasteiger partial charge in [-0.1, -0.05) is 107 Å². The SMILES string of the molecule is COc1ccc(C(O[C@@H]2[C@@H](Br)[C@@H](CO)O[C@H]2n2cnc3c(NC(=O)c4ccccc4)ncnc32)(c2ccccc2)c2ccccc2)cc1. The predicted molar refractivity (Wildman–Crippen MR) is 184 cm³/mol. The number of hydrogen-bond donors (Lipinski definition) is 2. The van der Waals surface area contributed by atoms with Gasteiger partial charge in [-0.3, -0.25) is 9.36 Å². The van der Waals surface area contributed by atoms with E-state index in [2.05, 4.69) is 36.2 Å². The Balaban J connectivity index is 1.34. The fourth-order valence-corrected chi connectivity index (χ4v) is 6.83. The van der Waals surface area contributed by atoms with Crippen molar-refractivity contribution in [3.05, 3.63) is 150 Å². The number of carbonyl (C=O) groups is 1. The second-order valence-corrected chi connectivity index (χ2v) is 12.3. The van der Waals surface area contributed by atoms with Crippen LogP contribution in [0.2, 0.25) is 0 Å². The molecule has 11 heteroatoms. The van der Waals surface area contributed by atoms with Gasteiger partial charge < -0.3 is 24.6 Å². The highest BCUT2D eigenvalue weighted by Gasteiger charge is 2.51. The van der Waals surface area contributed by atoms with E-state index in [4.69, 9.17) is 14.2 Å². The molecule has 10 nitrogen and oxygen atoms in total. The minimum atomic E-state index is -1.11. The Hall–Kier alpha value is -4.94. The van der Waals surface area contributed by atoms with Crippen molar-refractivity contribution < 1.29 is 24.1 Å². The maximum atomic E-state index is 13.0. The largest absolute Gasteiger partial charge is 0.497 e. The van der Waals surface area contributed by atoms with Crippen LogP contribution in [-0.2, 0) is 15.1 Å². The molecule has 4 aromatic carbocycles. The Morgan fingerprint density at radius 1 is 0.875 bits per heavy atom. The summed E-state index contributed by atoms with van der Waals surface area (Å²) in [6, 6.07) is 36.7. The summed E-state index contributed by atoms with van der Waals surface area (Å²) >= 11 is 3.83. The topological polar surface area (TPSA) is 121 Å². The molecule has 0 bridgehead atoms. The second-order valence-electron chi connectivity index (χ2n) is 11.3. The van der Waals surface area contributed by atoms with Crippen molar-refractivity contribution in [2.75, 3.05) is 19.0 Å². The molecule has 1 saturated heterocycles. The lowest BCUT2D eigenvalue weighted by molar-refractivity contribution is -0.108. The summed E-state index contributed by atoms with van der Waals surface area (Å²) in [5.41, 5.74) is 2.86. The quantitative estimate of drug-likeness (QED) is 0.129. The Labute approximate surface area is 285 Å². The van der Waals surface area contributed by atoms with Crippen LogP contribution in [0, 0.1) is 0 Å². The van der Waals surface area contributed by atoms with Gasteiger partial charge in [-0.15, -0.1) is 0 Å². The summed E-state index contributed by atoms with van der Waals surface area (Å²) in [6.07, 6.45) is 0.889. The number of nitrogens with zero attached hydrogens (tertiary/aromatic N) is 4. The molecular weight excluding hydrogens is 674 g/mol. The first-order chi connectivity index (χ1) is 23.5. The van der Waals surface area contributed by atoms with Gasteiger partial charge in [-0.05, 0) is 41.0 Å². The van der Waals surface area contributed by atoms with Gasteiger partial charge in [-0.2, -0.15) is 0 Å². The Morgan fingerprint density at radius 3 is 2.08 bits per heavy atom. The molecule has 0 unspecified atom stereocenters. The molecular formula is C37H32BrN5O5. The maximum absolute atomic E-state index is 13.0. The number of benzene rings is 4. The van der Waals surface area contributed by atoms with Crippen molar-refractivity contribution in [1.82, 2.24) is 19.5 Å². The van der Waals surface area contributed by atoms with Crippen molar-refractivity contribution in [3.63, 3.8) is 0 Å². The van der Waals surface area contributed by atoms with Crippen LogP contribution in [0.1, 0.15) is 33.3 Å². The molecule has 7 rings (SSSR count). The van der Waals surface area contributed by atoms with Gasteiger partial charge in [-0.25, -0.2) is 15.0 Å². The highest BCUT2D eigenvalue weighted by atomic mass is 79.9. The van der Waals surface area contributed by atoms with Crippen molar-refractivity contribution in [2.45, 2.75) is 28.9 Å². The van der Waals surface area contributed by atoms with Crippen LogP contribution in [0.5, 0.6) is 5.75 Å². The number of halogens is 1. The lowest BCUT2D eigenvalue weighted by Crippen LogP contribution is -2.42. The lowest BCUT2D eigenvalue weighted by atomic mass is 9.79. The number of hydrogen-bond acceptors (Lipinski definition) is 8. The predicted octanol–water partition coefficient (Wildman–Crippen LogP) is 6.12. The van der Waals surface area contributed by atoms with Crippen molar-refractivity contribution in [1.29, 1.82) is 0 Å². The van der Waals surface area contributed by atoms with Gasteiger partial charge in [0.15, 0.2) is 23.2 Å². The van der Waals surface area contributed by atoms with E-state index in [0.29, 0.717) is 22.5 Å². The van der Waals surface area contributed by atoms with Crippen LogP contribution in [0.25, 0.3) is 11.2 Å². The molecule has 0 saturated carbocycles. The van der Waals surface area contributed by atoms with E-state index in [-0.39, 0.29) is 18.3 Å². The molecule has 1 amide bonds. The second kappa shape index (κ2) is 13.7. The number of alkyl halides is 1. The van der Waals surface area contributed by atoms with E-state index < -0.39 is 28.9 Å². The minimum absolute atomic E-state index is 0.252. The molecule has 0 radical (unpaired) electrons. The molecule has 1 aliphatic rings. The Kier molecular flexibility index (Phi) is 9.00. The zero-order valence-corrected chi connectivity index (χ0v) is 27.5. The summed E-state index contributed by atoms with van der Waals surface area (Å²) in [6.45, 7) is -0.252. The fourth-order valence-electron chi connectivity index (χ4n) is 6.17. The number of carbonyl (C=O) groups excluding carboxylic acids is 1. The van der Waals surface area contributed by atoms with Gasteiger partial charge in [0.25, 0.3) is 5.91 Å². The molecule has 1 fully saturated rings. The van der Waals surface area contributed by atoms with E-state index in [9.17, 15) is 9.90 Å². The Bertz CT molecular complexity index is 1950. The number of aliphatic hydroxyl groups excluding tert-OH is 1. The average molecular weight is 707 g/mol. The summed E-state index contributed by atoms with van der Waals surface area (Å²) in [5, 5.41) is 13.3. The van der Waals surface area contributed by atoms with Crippen molar-refractivity contribution in [3.8, 4) is 5.75 Å². The number of aromatic nitrogens is 4. The third kappa shape index (κ3) is 5.75. The van der Waals surface area contributed by atoms with Crippen LogP contribution in [0.15, 0.2) is 128 Å². The van der Waals surface area contributed by atoms with Gasteiger partial charge in [0, 0.05) is 5.56 Å². The molecule has 1 aliphatic heterocycles. The molecule has 0 spiro atoms. The van der Waals surface area contributed by atoms with E-state index in [0.717, 1.165) is 16.7 Å². The monoisotopic (exact) mass is 705 g/mol. The van der Waals surface area contributed by atoms with E-state index >= 15 is 0 Å². The number of rotatable bonds is 10. The number of nitrogens with one attached hydrogen (secondary N) is 1. The van der Waals surface area contributed by atoms with Crippen LogP contribution >= 0.6 is 15.9 Å². The third-order valence-corrected chi connectivity index (χ3v) is 9.63. The smallest absolute Gasteiger partial charge is 0.256 e. The number of methoxy groups -OCH3 is 1. The first kappa shape index (κ1) is 31.6. The van der Waals surface area contributed by atoms with Gasteiger partial charge in [0.1, 0.15) is 23.8 Å². The van der Waals surface area contributed by atoms with E-state index in [1.807, 2.05) is 91.0 Å². The summed E-state index contributed by atoms with van der Waals surface area (Å²) in [4.78, 5) is 26.0. The zero-order valence-electron chi connectivity index (χ0n) is 25.9. The summed E-state index contributed by atoms with van der Waals surface area (Å²) < 4.78 is 21.2. The molecule has 242 valence electrons. The molecule has 6 aromatic rings. The van der Waals surface area contributed by atoms with Crippen molar-refractivity contribution >= 4 is 38.8 Å². The number of fused-ring (bicyclic) bond motifs is 1. The Morgan fingerprint density at radius 2 is 1.48 bits per heavy atom. The minimum Gasteiger partial charge on any atom is -0.497 e. The fraction of sp³-hybridized carbons (Fsp3) is 0.189. The number of ether oxygens (including phenoxy) is 3. The highest BCUT2D eigenvalue weighted by Crippen LogP contribution is 2.47. The van der Waals surface area contributed by atoms with Gasteiger partial charge >= 0.3 is 0 Å². The lowest BCUT2D eigenvalue weighted by Gasteiger charge is -2.40. The van der Waals surface area contributed by atoms with Crippen LogP contribution in [0.3, 0.4) is 0 Å². The number of aliphatic hydroxyl groups is 1. The summed E-state index contributed by atoms with van der Waals surface area (Å²) in [7, 11) is 1.63. The first-order valence-corrected chi connectivity index (χ1v) is 16.3. The number of anilines is 1. The average Bonchev–Trinajstić information content (AvgIpc) is 3.72. The zero-order chi connectivity index (χ0) is 33.1. The van der Waals surface area contributed by atoms with Crippen LogP contribution in [-0.4, -0.2) is 61.3 Å². The first-order valence-electron chi connectivity index (χ1n) is 15.4.